The molecule has 2 rings (SSSR count). The van der Waals surface area contributed by atoms with Gasteiger partial charge >= 0.3 is 0 Å². The highest BCUT2D eigenvalue weighted by Gasteiger charge is 2.32. The van der Waals surface area contributed by atoms with E-state index in [-0.39, 0.29) is 0 Å². The second-order valence-electron chi connectivity index (χ2n) is 4.24. The smallest absolute Gasteiger partial charge is 0.0526 e. The van der Waals surface area contributed by atoms with Crippen LogP contribution in [0, 0.1) is 11.8 Å². The van der Waals surface area contributed by atoms with Crippen LogP contribution in [0.25, 0.3) is 0 Å². The maximum absolute atomic E-state index is 4.62. The molecule has 0 saturated heterocycles. The molecule has 0 radical (unpaired) electrons. The molecule has 1 saturated carbocycles. The van der Waals surface area contributed by atoms with Crippen LogP contribution in [0.4, 0.5) is 0 Å². The lowest BCUT2D eigenvalue weighted by molar-refractivity contribution is 0.185. The average Bonchev–Trinajstić information content (AvgIpc) is 2.17. The van der Waals surface area contributed by atoms with Gasteiger partial charge in [-0.2, -0.15) is 0 Å². The van der Waals surface area contributed by atoms with E-state index in [9.17, 15) is 0 Å². The molecule has 0 bridgehead atoms. The molecule has 12 heavy (non-hydrogen) atoms. The molecule has 0 N–H and O–H groups in total. The monoisotopic (exact) mass is 165 g/mol. The van der Waals surface area contributed by atoms with E-state index in [2.05, 4.69) is 18.1 Å². The quantitative estimate of drug-likeness (QED) is 0.566. The van der Waals surface area contributed by atoms with E-state index >= 15 is 0 Å². The van der Waals surface area contributed by atoms with Gasteiger partial charge < -0.3 is 0 Å². The third-order valence-electron chi connectivity index (χ3n) is 3.62. The van der Waals surface area contributed by atoms with E-state index in [1.165, 1.54) is 38.5 Å². The van der Waals surface area contributed by atoms with Gasteiger partial charge in [0.1, 0.15) is 0 Å². The minimum atomic E-state index is 0.706. The van der Waals surface area contributed by atoms with Gasteiger partial charge in [0.15, 0.2) is 0 Å². The first-order valence-corrected chi connectivity index (χ1v) is 5.43. The van der Waals surface area contributed by atoms with E-state index in [1.54, 1.807) is 0 Å². The summed E-state index contributed by atoms with van der Waals surface area (Å²) in [5.41, 5.74) is 0. The lowest BCUT2D eigenvalue weighted by Gasteiger charge is -2.37. The molecular formula is C11H19N. The largest absolute Gasteiger partial charge is 0.294 e. The second kappa shape index (κ2) is 3.59. The molecule has 1 fully saturated rings. The topological polar surface area (TPSA) is 12.4 Å². The lowest BCUT2D eigenvalue weighted by atomic mass is 9.72. The predicted octanol–water partition coefficient (Wildman–Crippen LogP) is 3.05. The minimum absolute atomic E-state index is 0.706. The van der Waals surface area contributed by atoms with Crippen LogP contribution in [0.2, 0.25) is 0 Å². The highest BCUT2D eigenvalue weighted by molar-refractivity contribution is 5.58. The fraction of sp³-hybridized carbons (Fsp3) is 0.909. The Labute approximate surface area is 75.3 Å². The number of rotatable bonds is 1. The van der Waals surface area contributed by atoms with Crippen molar-refractivity contribution in [1.82, 2.24) is 0 Å². The molecule has 1 aliphatic heterocycles. The molecule has 3 unspecified atom stereocenters. The van der Waals surface area contributed by atoms with Crippen molar-refractivity contribution >= 4 is 6.21 Å². The Morgan fingerprint density at radius 3 is 3.08 bits per heavy atom. The summed E-state index contributed by atoms with van der Waals surface area (Å²) in [7, 11) is 0. The number of hydrogen-bond donors (Lipinski definition) is 0. The molecule has 1 heterocycles. The standard InChI is InChI=1S/C11H19N/c1-2-9-5-3-7-11-10(9)6-4-8-12-11/h8-11H,2-7H2,1H3. The third-order valence-corrected chi connectivity index (χ3v) is 3.62. The molecule has 0 spiro atoms. The Morgan fingerprint density at radius 1 is 1.33 bits per heavy atom. The van der Waals surface area contributed by atoms with Gasteiger partial charge in [0.05, 0.1) is 6.04 Å². The molecule has 0 aromatic rings. The molecule has 1 nitrogen and oxygen atoms in total. The van der Waals surface area contributed by atoms with Crippen molar-refractivity contribution in [3.63, 3.8) is 0 Å². The number of hydrogen-bond acceptors (Lipinski definition) is 1. The fourth-order valence-electron chi connectivity index (χ4n) is 2.93. The van der Waals surface area contributed by atoms with Crippen LogP contribution in [0.3, 0.4) is 0 Å². The van der Waals surface area contributed by atoms with Crippen LogP contribution in [0.15, 0.2) is 4.99 Å². The number of fused-ring (bicyclic) bond motifs is 1. The van der Waals surface area contributed by atoms with E-state index in [4.69, 9.17) is 0 Å². The van der Waals surface area contributed by atoms with Gasteiger partial charge in [-0.05, 0) is 37.3 Å². The molecule has 0 amide bonds. The average molecular weight is 165 g/mol. The van der Waals surface area contributed by atoms with Crippen molar-refractivity contribution in [3.05, 3.63) is 0 Å². The molecule has 3 atom stereocenters. The van der Waals surface area contributed by atoms with Crippen molar-refractivity contribution in [2.24, 2.45) is 16.8 Å². The van der Waals surface area contributed by atoms with Crippen LogP contribution in [0.5, 0.6) is 0 Å². The second-order valence-corrected chi connectivity index (χ2v) is 4.24. The first-order chi connectivity index (χ1) is 5.92. The first kappa shape index (κ1) is 8.28. The van der Waals surface area contributed by atoms with Crippen LogP contribution in [0.1, 0.15) is 45.4 Å². The Balaban J connectivity index is 2.06. The Hall–Kier alpha value is -0.330. The summed E-state index contributed by atoms with van der Waals surface area (Å²) >= 11 is 0. The van der Waals surface area contributed by atoms with Crippen LogP contribution in [-0.4, -0.2) is 12.3 Å². The van der Waals surface area contributed by atoms with Crippen molar-refractivity contribution in [2.75, 3.05) is 0 Å². The number of nitrogens with zero attached hydrogens (tertiary/aromatic N) is 1. The van der Waals surface area contributed by atoms with Gasteiger partial charge in [0.2, 0.25) is 0 Å². The zero-order valence-electron chi connectivity index (χ0n) is 8.00. The van der Waals surface area contributed by atoms with Gasteiger partial charge in [-0.15, -0.1) is 0 Å². The summed E-state index contributed by atoms with van der Waals surface area (Å²) < 4.78 is 0. The predicted molar refractivity (Wildman–Crippen MR) is 52.6 cm³/mol. The summed E-state index contributed by atoms with van der Waals surface area (Å²) in [6.07, 6.45) is 10.4. The van der Waals surface area contributed by atoms with E-state index in [0.717, 1.165) is 11.8 Å². The minimum Gasteiger partial charge on any atom is -0.294 e. The highest BCUT2D eigenvalue weighted by atomic mass is 14.8. The van der Waals surface area contributed by atoms with Gasteiger partial charge in [-0.1, -0.05) is 26.2 Å². The molecule has 0 aromatic heterocycles. The van der Waals surface area contributed by atoms with Gasteiger partial charge in [-0.25, -0.2) is 0 Å². The SMILES string of the molecule is CCC1CCCC2N=CCCC12. The van der Waals surface area contributed by atoms with Crippen molar-refractivity contribution < 1.29 is 0 Å². The van der Waals surface area contributed by atoms with Crippen LogP contribution < -0.4 is 0 Å². The summed E-state index contributed by atoms with van der Waals surface area (Å²) in [6, 6.07) is 0.706. The van der Waals surface area contributed by atoms with Crippen molar-refractivity contribution in [1.29, 1.82) is 0 Å². The highest BCUT2D eigenvalue weighted by Crippen LogP contribution is 2.38. The Morgan fingerprint density at radius 2 is 2.25 bits per heavy atom. The van der Waals surface area contributed by atoms with Crippen molar-refractivity contribution in [2.45, 2.75) is 51.5 Å². The molecular weight excluding hydrogens is 146 g/mol. The van der Waals surface area contributed by atoms with Crippen molar-refractivity contribution in [3.8, 4) is 0 Å². The summed E-state index contributed by atoms with van der Waals surface area (Å²) in [5, 5.41) is 0. The van der Waals surface area contributed by atoms with Crippen LogP contribution >= 0.6 is 0 Å². The third kappa shape index (κ3) is 1.41. The maximum Gasteiger partial charge on any atom is 0.0526 e. The Kier molecular flexibility index (Phi) is 2.48. The zero-order chi connectivity index (χ0) is 8.39. The maximum atomic E-state index is 4.62. The molecule has 1 heteroatoms. The van der Waals surface area contributed by atoms with Gasteiger partial charge in [0.25, 0.3) is 0 Å². The fourth-order valence-corrected chi connectivity index (χ4v) is 2.93. The summed E-state index contributed by atoms with van der Waals surface area (Å²) in [4.78, 5) is 4.62. The molecule has 2 aliphatic rings. The van der Waals surface area contributed by atoms with Gasteiger partial charge in [0, 0.05) is 0 Å². The lowest BCUT2D eigenvalue weighted by Crippen LogP contribution is -2.33. The first-order valence-electron chi connectivity index (χ1n) is 5.43. The molecule has 1 aliphatic carbocycles. The van der Waals surface area contributed by atoms with E-state index in [1.807, 2.05) is 0 Å². The number of aliphatic imine (C=N–C) groups is 1. The summed E-state index contributed by atoms with van der Waals surface area (Å²) in [5.74, 6) is 1.93. The van der Waals surface area contributed by atoms with E-state index in [0.29, 0.717) is 6.04 Å². The summed E-state index contributed by atoms with van der Waals surface area (Å²) in [6.45, 7) is 2.34. The molecule has 68 valence electrons. The van der Waals surface area contributed by atoms with Crippen LogP contribution in [-0.2, 0) is 0 Å². The normalized spacial score (nSPS) is 40.9. The molecule has 0 aromatic carbocycles. The van der Waals surface area contributed by atoms with Gasteiger partial charge in [-0.3, -0.25) is 4.99 Å². The zero-order valence-corrected chi connectivity index (χ0v) is 8.00. The Bertz CT molecular complexity index is 174. The van der Waals surface area contributed by atoms with E-state index < -0.39 is 0 Å².